The average molecular weight is 413 g/mol. The zero-order valence-electron chi connectivity index (χ0n) is 16.8. The SMILES string of the molecule is CCCCc1ccc(C#N)c(SC(CC)C(=O)Nc2cc([N+](=O)[O-])ccc2C)n1. The standard InChI is InChI=1S/C21H24N4O3S/c1-4-6-7-16-10-9-15(13-22)21(23-16)29-19(5-2)20(26)24-18-12-17(25(27)28)11-8-14(18)3/h8-12,19H,4-7H2,1-3H3,(H,24,26). The second kappa shape index (κ2) is 10.6. The van der Waals surface area contributed by atoms with Crippen LogP contribution in [0.5, 0.6) is 0 Å². The zero-order chi connectivity index (χ0) is 21.4. The van der Waals surface area contributed by atoms with E-state index >= 15 is 0 Å². The van der Waals surface area contributed by atoms with Gasteiger partial charge in [0.2, 0.25) is 5.91 Å². The van der Waals surface area contributed by atoms with Crippen molar-refractivity contribution in [1.29, 1.82) is 5.26 Å². The predicted octanol–water partition coefficient (Wildman–Crippen LogP) is 5.02. The molecule has 1 amide bonds. The minimum Gasteiger partial charge on any atom is -0.325 e. The Bertz CT molecular complexity index is 940. The van der Waals surface area contributed by atoms with Crippen molar-refractivity contribution in [3.05, 3.63) is 57.3 Å². The molecule has 8 heteroatoms. The summed E-state index contributed by atoms with van der Waals surface area (Å²) in [4.78, 5) is 27.9. The first-order valence-corrected chi connectivity index (χ1v) is 10.4. The third-order valence-electron chi connectivity index (χ3n) is 4.43. The lowest BCUT2D eigenvalue weighted by atomic mass is 10.1. The first-order chi connectivity index (χ1) is 13.9. The molecule has 0 spiro atoms. The average Bonchev–Trinajstić information content (AvgIpc) is 2.71. The van der Waals surface area contributed by atoms with Crippen LogP contribution in [0.2, 0.25) is 0 Å². The maximum atomic E-state index is 12.8. The number of thioether (sulfide) groups is 1. The van der Waals surface area contributed by atoms with Gasteiger partial charge in [-0.05, 0) is 43.9 Å². The van der Waals surface area contributed by atoms with E-state index in [2.05, 4.69) is 23.3 Å². The van der Waals surface area contributed by atoms with Crippen LogP contribution < -0.4 is 5.32 Å². The number of carbonyl (C=O) groups excluding carboxylic acids is 1. The quantitative estimate of drug-likeness (QED) is 0.352. The van der Waals surface area contributed by atoms with Gasteiger partial charge in [-0.1, -0.05) is 38.1 Å². The summed E-state index contributed by atoms with van der Waals surface area (Å²) in [6.07, 6.45) is 3.40. The molecule has 1 aromatic heterocycles. The van der Waals surface area contributed by atoms with Crippen LogP contribution in [0.25, 0.3) is 0 Å². The van der Waals surface area contributed by atoms with E-state index < -0.39 is 10.2 Å². The summed E-state index contributed by atoms with van der Waals surface area (Å²) in [6.45, 7) is 5.76. The van der Waals surface area contributed by atoms with Crippen molar-refractivity contribution in [2.75, 3.05) is 5.32 Å². The summed E-state index contributed by atoms with van der Waals surface area (Å²) in [7, 11) is 0. The zero-order valence-corrected chi connectivity index (χ0v) is 17.6. The summed E-state index contributed by atoms with van der Waals surface area (Å²) in [6, 6.07) is 10.1. The largest absolute Gasteiger partial charge is 0.325 e. The minimum absolute atomic E-state index is 0.0799. The van der Waals surface area contributed by atoms with Gasteiger partial charge in [0.1, 0.15) is 11.1 Å². The number of pyridine rings is 1. The van der Waals surface area contributed by atoms with Gasteiger partial charge in [-0.3, -0.25) is 14.9 Å². The number of aromatic nitrogens is 1. The molecule has 7 nitrogen and oxygen atoms in total. The number of nitrogens with one attached hydrogen (secondary N) is 1. The van der Waals surface area contributed by atoms with Crippen molar-refractivity contribution >= 4 is 29.0 Å². The van der Waals surface area contributed by atoms with E-state index in [0.717, 1.165) is 30.5 Å². The number of carbonyl (C=O) groups is 1. The monoisotopic (exact) mass is 412 g/mol. The Kier molecular flexibility index (Phi) is 8.16. The van der Waals surface area contributed by atoms with E-state index in [0.29, 0.717) is 22.7 Å². The number of nitro groups is 1. The molecule has 1 N–H and O–H groups in total. The molecule has 0 bridgehead atoms. The maximum absolute atomic E-state index is 12.8. The number of rotatable bonds is 9. The van der Waals surface area contributed by atoms with Crippen molar-refractivity contribution in [2.45, 2.75) is 56.7 Å². The highest BCUT2D eigenvalue weighted by molar-refractivity contribution is 8.00. The van der Waals surface area contributed by atoms with Crippen LogP contribution in [0.15, 0.2) is 35.4 Å². The van der Waals surface area contributed by atoms with Crippen molar-refractivity contribution in [2.24, 2.45) is 0 Å². The number of aryl methyl sites for hydroxylation is 2. The topological polar surface area (TPSA) is 109 Å². The molecule has 1 aromatic carbocycles. The summed E-state index contributed by atoms with van der Waals surface area (Å²) in [5.74, 6) is -0.272. The van der Waals surface area contributed by atoms with Crippen LogP contribution in [-0.4, -0.2) is 21.1 Å². The molecule has 2 aromatic rings. The van der Waals surface area contributed by atoms with Crippen LogP contribution >= 0.6 is 11.8 Å². The number of anilines is 1. The highest BCUT2D eigenvalue weighted by Gasteiger charge is 2.22. The Labute approximate surface area is 174 Å². The lowest BCUT2D eigenvalue weighted by molar-refractivity contribution is -0.384. The Balaban J connectivity index is 2.22. The van der Waals surface area contributed by atoms with Crippen molar-refractivity contribution in [1.82, 2.24) is 4.98 Å². The second-order valence-corrected chi connectivity index (χ2v) is 7.82. The molecule has 1 unspecified atom stereocenters. The Morgan fingerprint density at radius 2 is 2.10 bits per heavy atom. The number of hydrogen-bond donors (Lipinski definition) is 1. The molecular weight excluding hydrogens is 388 g/mol. The number of nitrogens with zero attached hydrogens (tertiary/aromatic N) is 3. The first-order valence-electron chi connectivity index (χ1n) is 9.52. The number of hydrogen-bond acceptors (Lipinski definition) is 6. The van der Waals surface area contributed by atoms with Gasteiger partial charge in [0, 0.05) is 17.8 Å². The van der Waals surface area contributed by atoms with E-state index in [1.807, 2.05) is 13.0 Å². The Hall–Kier alpha value is -2.92. The van der Waals surface area contributed by atoms with Crippen molar-refractivity contribution < 1.29 is 9.72 Å². The first kappa shape index (κ1) is 22.4. The minimum atomic E-state index is -0.494. The van der Waals surface area contributed by atoms with Gasteiger partial charge < -0.3 is 5.32 Å². The van der Waals surface area contributed by atoms with Crippen LogP contribution in [0.1, 0.15) is 49.9 Å². The maximum Gasteiger partial charge on any atom is 0.271 e. The van der Waals surface area contributed by atoms with E-state index in [9.17, 15) is 20.2 Å². The van der Waals surface area contributed by atoms with Gasteiger partial charge in [0.05, 0.1) is 21.4 Å². The number of non-ortho nitro benzene ring substituents is 1. The van der Waals surface area contributed by atoms with Crippen LogP contribution in [0.4, 0.5) is 11.4 Å². The van der Waals surface area contributed by atoms with Gasteiger partial charge in [0.25, 0.3) is 5.69 Å². The van der Waals surface area contributed by atoms with Crippen molar-refractivity contribution in [3.63, 3.8) is 0 Å². The smallest absolute Gasteiger partial charge is 0.271 e. The fraction of sp³-hybridized carbons (Fsp3) is 0.381. The molecule has 1 atom stereocenters. The number of unbranched alkanes of at least 4 members (excludes halogenated alkanes) is 1. The van der Waals surface area contributed by atoms with Crippen LogP contribution in [0, 0.1) is 28.4 Å². The molecule has 0 saturated carbocycles. The Morgan fingerprint density at radius 3 is 2.72 bits per heavy atom. The third kappa shape index (κ3) is 6.03. The van der Waals surface area contributed by atoms with Gasteiger partial charge >= 0.3 is 0 Å². The molecule has 1 heterocycles. The molecule has 2 rings (SSSR count). The summed E-state index contributed by atoms with van der Waals surface area (Å²) < 4.78 is 0. The number of benzene rings is 1. The molecule has 152 valence electrons. The number of amides is 1. The summed E-state index contributed by atoms with van der Waals surface area (Å²) in [5, 5.41) is 23.3. The molecular formula is C21H24N4O3S. The third-order valence-corrected chi connectivity index (χ3v) is 5.80. The highest BCUT2D eigenvalue weighted by Crippen LogP contribution is 2.29. The van der Waals surface area contributed by atoms with Gasteiger partial charge in [-0.25, -0.2) is 4.98 Å². The molecule has 0 fully saturated rings. The molecule has 0 aliphatic carbocycles. The predicted molar refractivity (Wildman–Crippen MR) is 114 cm³/mol. The van der Waals surface area contributed by atoms with E-state index in [1.165, 1.54) is 23.9 Å². The van der Waals surface area contributed by atoms with E-state index in [4.69, 9.17) is 0 Å². The fourth-order valence-electron chi connectivity index (χ4n) is 2.68. The lowest BCUT2D eigenvalue weighted by Gasteiger charge is -2.16. The van der Waals surface area contributed by atoms with Gasteiger partial charge in [0.15, 0.2) is 0 Å². The van der Waals surface area contributed by atoms with Crippen LogP contribution in [0.3, 0.4) is 0 Å². The Morgan fingerprint density at radius 1 is 1.34 bits per heavy atom. The molecule has 29 heavy (non-hydrogen) atoms. The second-order valence-electron chi connectivity index (χ2n) is 6.63. The summed E-state index contributed by atoms with van der Waals surface area (Å²) in [5.41, 5.74) is 2.41. The normalized spacial score (nSPS) is 11.5. The molecule has 0 saturated heterocycles. The van der Waals surface area contributed by atoms with E-state index in [-0.39, 0.29) is 11.6 Å². The lowest BCUT2D eigenvalue weighted by Crippen LogP contribution is -2.25. The van der Waals surface area contributed by atoms with E-state index in [1.54, 1.807) is 19.1 Å². The van der Waals surface area contributed by atoms with Gasteiger partial charge in [-0.2, -0.15) is 5.26 Å². The fourth-order valence-corrected chi connectivity index (χ4v) is 3.69. The van der Waals surface area contributed by atoms with Crippen LogP contribution in [-0.2, 0) is 11.2 Å². The highest BCUT2D eigenvalue weighted by atomic mass is 32.2. The number of nitriles is 1. The number of nitro benzene ring substituents is 1. The van der Waals surface area contributed by atoms with Gasteiger partial charge in [-0.15, -0.1) is 0 Å². The van der Waals surface area contributed by atoms with Crippen molar-refractivity contribution in [3.8, 4) is 6.07 Å². The molecule has 0 aliphatic heterocycles. The molecule has 0 aliphatic rings. The molecule has 0 radical (unpaired) electrons. The summed E-state index contributed by atoms with van der Waals surface area (Å²) >= 11 is 1.25.